The third kappa shape index (κ3) is 5.32. The molecule has 164 valence electrons. The molecular formula is C24H36N4O2. The van der Waals surface area contributed by atoms with Gasteiger partial charge in [0.25, 0.3) is 0 Å². The van der Waals surface area contributed by atoms with Crippen molar-refractivity contribution in [3.63, 3.8) is 0 Å². The Balaban J connectivity index is 1.20. The van der Waals surface area contributed by atoms with Crippen LogP contribution in [0.1, 0.15) is 57.8 Å². The lowest BCUT2D eigenvalue weighted by atomic mass is 9.86. The number of hydrogen-bond acceptors (Lipinski definition) is 4. The first kappa shape index (κ1) is 21.1. The number of piperidine rings is 1. The van der Waals surface area contributed by atoms with Crippen LogP contribution in [-0.2, 0) is 9.59 Å². The molecule has 1 atom stereocenters. The number of carbonyl (C=O) groups is 2. The van der Waals surface area contributed by atoms with Crippen molar-refractivity contribution >= 4 is 17.6 Å². The Kier molecular flexibility index (Phi) is 7.24. The van der Waals surface area contributed by atoms with Crippen LogP contribution < -0.4 is 4.90 Å². The maximum absolute atomic E-state index is 12.9. The van der Waals surface area contributed by atoms with Crippen LogP contribution in [0.25, 0.3) is 0 Å². The van der Waals surface area contributed by atoms with E-state index in [0.29, 0.717) is 18.2 Å². The third-order valence-electron chi connectivity index (χ3n) is 7.16. The molecule has 0 spiro atoms. The van der Waals surface area contributed by atoms with Gasteiger partial charge in [-0.05, 0) is 50.2 Å². The molecule has 0 radical (unpaired) electrons. The molecule has 3 aliphatic rings. The van der Waals surface area contributed by atoms with Gasteiger partial charge in [0.05, 0.1) is 0 Å². The molecular weight excluding hydrogens is 376 g/mol. The maximum atomic E-state index is 12.9. The molecule has 0 bridgehead atoms. The number of aromatic nitrogens is 1. The smallest absolute Gasteiger partial charge is 0.225 e. The zero-order valence-electron chi connectivity index (χ0n) is 18.2. The molecule has 3 fully saturated rings. The summed E-state index contributed by atoms with van der Waals surface area (Å²) in [5.41, 5.74) is 0. The molecule has 2 saturated heterocycles. The van der Waals surface area contributed by atoms with Gasteiger partial charge < -0.3 is 14.7 Å². The first-order valence-electron chi connectivity index (χ1n) is 11.9. The van der Waals surface area contributed by atoms with Crippen LogP contribution in [0.5, 0.6) is 0 Å². The lowest BCUT2D eigenvalue weighted by molar-refractivity contribution is -0.138. The Morgan fingerprint density at radius 3 is 2.43 bits per heavy atom. The van der Waals surface area contributed by atoms with Crippen LogP contribution in [-0.4, -0.2) is 65.9 Å². The highest BCUT2D eigenvalue weighted by Crippen LogP contribution is 2.28. The minimum absolute atomic E-state index is 0.259. The Morgan fingerprint density at radius 2 is 1.70 bits per heavy atom. The highest BCUT2D eigenvalue weighted by atomic mass is 16.2. The number of anilines is 1. The standard InChI is InChI=1S/C24H36N4O2/c29-23(27-17-15-26(16-18-27)22-10-4-5-13-25-22)12-11-20-7-6-14-28(19-20)24(30)21-8-2-1-3-9-21/h4-5,10,13,20-21H,1-3,6-9,11-12,14-19H2. The molecule has 1 unspecified atom stereocenters. The van der Waals surface area contributed by atoms with Crippen LogP contribution in [0.3, 0.4) is 0 Å². The first-order valence-corrected chi connectivity index (χ1v) is 11.9. The van der Waals surface area contributed by atoms with Crippen LogP contribution in [0.15, 0.2) is 24.4 Å². The van der Waals surface area contributed by atoms with E-state index in [1.165, 1.54) is 19.3 Å². The molecule has 0 N–H and O–H groups in total. The minimum atomic E-state index is 0.259. The van der Waals surface area contributed by atoms with Crippen molar-refractivity contribution in [1.29, 1.82) is 0 Å². The quantitative estimate of drug-likeness (QED) is 0.744. The molecule has 30 heavy (non-hydrogen) atoms. The number of pyridine rings is 1. The predicted molar refractivity (Wildman–Crippen MR) is 118 cm³/mol. The number of likely N-dealkylation sites (tertiary alicyclic amines) is 1. The predicted octanol–water partition coefficient (Wildman–Crippen LogP) is 3.33. The fraction of sp³-hybridized carbons (Fsp3) is 0.708. The van der Waals surface area contributed by atoms with E-state index >= 15 is 0 Å². The van der Waals surface area contributed by atoms with Gasteiger partial charge in [0.15, 0.2) is 0 Å². The van der Waals surface area contributed by atoms with Gasteiger partial charge in [-0.1, -0.05) is 25.3 Å². The van der Waals surface area contributed by atoms with Gasteiger partial charge in [0.1, 0.15) is 5.82 Å². The van der Waals surface area contributed by atoms with Gasteiger partial charge in [0, 0.05) is 57.8 Å². The molecule has 0 aromatic carbocycles. The zero-order valence-corrected chi connectivity index (χ0v) is 18.2. The lowest BCUT2D eigenvalue weighted by Gasteiger charge is -2.37. The SMILES string of the molecule is O=C(CCC1CCCN(C(=O)C2CCCCC2)C1)N1CCN(c2ccccn2)CC1. The Labute approximate surface area is 180 Å². The minimum Gasteiger partial charge on any atom is -0.353 e. The molecule has 4 rings (SSSR count). The average Bonchev–Trinajstić information content (AvgIpc) is 2.83. The number of nitrogens with zero attached hydrogens (tertiary/aromatic N) is 4. The number of rotatable bonds is 5. The summed E-state index contributed by atoms with van der Waals surface area (Å²) >= 11 is 0. The zero-order chi connectivity index (χ0) is 20.8. The van der Waals surface area contributed by atoms with Crippen molar-refractivity contribution in [1.82, 2.24) is 14.8 Å². The molecule has 6 nitrogen and oxygen atoms in total. The Morgan fingerprint density at radius 1 is 0.900 bits per heavy atom. The molecule has 1 aromatic heterocycles. The topological polar surface area (TPSA) is 56.8 Å². The summed E-state index contributed by atoms with van der Waals surface area (Å²) in [6, 6.07) is 5.96. The summed E-state index contributed by atoms with van der Waals surface area (Å²) in [5.74, 6) is 2.39. The van der Waals surface area contributed by atoms with Crippen LogP contribution in [0.4, 0.5) is 5.82 Å². The second-order valence-corrected chi connectivity index (χ2v) is 9.22. The normalized spacial score (nSPS) is 23.5. The number of carbonyl (C=O) groups excluding carboxylic acids is 2. The number of piperazine rings is 1. The fourth-order valence-corrected chi connectivity index (χ4v) is 5.32. The van der Waals surface area contributed by atoms with Crippen LogP contribution in [0, 0.1) is 11.8 Å². The summed E-state index contributed by atoms with van der Waals surface area (Å²) in [6.45, 7) is 5.00. The maximum Gasteiger partial charge on any atom is 0.225 e. The van der Waals surface area contributed by atoms with Crippen molar-refractivity contribution < 1.29 is 9.59 Å². The third-order valence-corrected chi connectivity index (χ3v) is 7.16. The number of amides is 2. The molecule has 1 aliphatic carbocycles. The van der Waals surface area contributed by atoms with E-state index in [1.807, 2.05) is 29.3 Å². The van der Waals surface area contributed by atoms with E-state index in [1.54, 1.807) is 0 Å². The van der Waals surface area contributed by atoms with Crippen LogP contribution in [0.2, 0.25) is 0 Å². The van der Waals surface area contributed by atoms with Gasteiger partial charge in [-0.2, -0.15) is 0 Å². The van der Waals surface area contributed by atoms with Crippen molar-refractivity contribution in [2.24, 2.45) is 11.8 Å². The van der Waals surface area contributed by atoms with Crippen molar-refractivity contribution in [3.8, 4) is 0 Å². The van der Waals surface area contributed by atoms with Gasteiger partial charge in [-0.15, -0.1) is 0 Å². The van der Waals surface area contributed by atoms with Gasteiger partial charge >= 0.3 is 0 Å². The van der Waals surface area contributed by atoms with Crippen LogP contribution >= 0.6 is 0 Å². The van der Waals surface area contributed by atoms with E-state index in [0.717, 1.165) is 77.2 Å². The molecule has 2 amide bonds. The summed E-state index contributed by atoms with van der Waals surface area (Å²) in [7, 11) is 0. The summed E-state index contributed by atoms with van der Waals surface area (Å²) in [6.07, 6.45) is 11.4. The van der Waals surface area contributed by atoms with E-state index < -0.39 is 0 Å². The second kappa shape index (κ2) is 10.3. The first-order chi connectivity index (χ1) is 14.7. The fourth-order valence-electron chi connectivity index (χ4n) is 5.32. The second-order valence-electron chi connectivity index (χ2n) is 9.22. The Hall–Kier alpha value is -2.11. The highest BCUT2D eigenvalue weighted by Gasteiger charge is 2.30. The van der Waals surface area contributed by atoms with Crippen molar-refractivity contribution in [3.05, 3.63) is 24.4 Å². The molecule has 2 aliphatic heterocycles. The highest BCUT2D eigenvalue weighted by molar-refractivity contribution is 5.79. The summed E-state index contributed by atoms with van der Waals surface area (Å²) in [5, 5.41) is 0. The van der Waals surface area contributed by atoms with E-state index in [4.69, 9.17) is 0 Å². The molecule has 6 heteroatoms. The average molecular weight is 413 g/mol. The van der Waals surface area contributed by atoms with Gasteiger partial charge in [-0.25, -0.2) is 4.98 Å². The molecule has 1 aromatic rings. The molecule has 3 heterocycles. The van der Waals surface area contributed by atoms with Crippen molar-refractivity contribution in [2.75, 3.05) is 44.2 Å². The van der Waals surface area contributed by atoms with Crippen molar-refractivity contribution in [2.45, 2.75) is 57.8 Å². The number of hydrogen-bond donors (Lipinski definition) is 0. The van der Waals surface area contributed by atoms with E-state index in [9.17, 15) is 9.59 Å². The lowest BCUT2D eigenvalue weighted by Crippen LogP contribution is -2.49. The Bertz CT molecular complexity index is 696. The largest absolute Gasteiger partial charge is 0.353 e. The molecule has 1 saturated carbocycles. The summed E-state index contributed by atoms with van der Waals surface area (Å²) < 4.78 is 0. The monoisotopic (exact) mass is 412 g/mol. The summed E-state index contributed by atoms with van der Waals surface area (Å²) in [4.78, 5) is 36.4. The van der Waals surface area contributed by atoms with E-state index in [-0.39, 0.29) is 11.8 Å². The van der Waals surface area contributed by atoms with Gasteiger partial charge in [0.2, 0.25) is 11.8 Å². The van der Waals surface area contributed by atoms with E-state index in [2.05, 4.69) is 14.8 Å². The van der Waals surface area contributed by atoms with Gasteiger partial charge in [-0.3, -0.25) is 9.59 Å².